The van der Waals surface area contributed by atoms with Gasteiger partial charge in [-0.1, -0.05) is 18.2 Å². The van der Waals surface area contributed by atoms with Crippen molar-refractivity contribution in [2.24, 2.45) is 5.73 Å². The molecule has 1 saturated heterocycles. The lowest BCUT2D eigenvalue weighted by atomic mass is 10.0. The smallest absolute Gasteiger partial charge is 0.326 e. The zero-order valence-electron chi connectivity index (χ0n) is 21.7. The number of nitrogens with zero attached hydrogens (tertiary/aromatic N) is 1. The monoisotopic (exact) mass is 561 g/mol. The van der Waals surface area contributed by atoms with Crippen LogP contribution in [0.15, 0.2) is 30.5 Å². The minimum absolute atomic E-state index is 0.184. The Balaban J connectivity index is 1.70. The van der Waals surface area contributed by atoms with Gasteiger partial charge in [-0.3, -0.25) is 19.2 Å². The van der Waals surface area contributed by atoms with Crippen LogP contribution in [0.25, 0.3) is 10.9 Å². The van der Waals surface area contributed by atoms with Crippen LogP contribution in [0.3, 0.4) is 0 Å². The minimum Gasteiger partial charge on any atom is -0.481 e. The molecule has 3 amide bonds. The van der Waals surface area contributed by atoms with Crippen LogP contribution >= 0.6 is 11.8 Å². The number of hydrogen-bond donors (Lipinski definition) is 6. The van der Waals surface area contributed by atoms with Crippen LogP contribution < -0.4 is 16.4 Å². The number of thioether (sulfide) groups is 1. The molecule has 39 heavy (non-hydrogen) atoms. The topological polar surface area (TPSA) is 195 Å². The molecule has 3 rings (SSSR count). The van der Waals surface area contributed by atoms with E-state index in [0.717, 1.165) is 16.5 Å². The van der Waals surface area contributed by atoms with Crippen molar-refractivity contribution in [3.63, 3.8) is 0 Å². The number of nitrogens with two attached hydrogens (primary N) is 1. The number of carboxylic acids is 2. The number of hydrogen-bond acceptors (Lipinski definition) is 7. The van der Waals surface area contributed by atoms with Crippen molar-refractivity contribution in [1.82, 2.24) is 20.5 Å². The summed E-state index contributed by atoms with van der Waals surface area (Å²) in [6.07, 6.45) is 4.28. The summed E-state index contributed by atoms with van der Waals surface area (Å²) in [5, 5.41) is 24.7. The normalized spacial score (nSPS) is 17.4. The molecule has 4 atom stereocenters. The van der Waals surface area contributed by atoms with Crippen LogP contribution in [0, 0.1) is 0 Å². The molecule has 0 aliphatic carbocycles. The van der Waals surface area contributed by atoms with Gasteiger partial charge in [0.05, 0.1) is 6.04 Å². The SMILES string of the molecule is CSCCC(NC(=O)C1CCCN1C(=O)C(CCC(=O)O)NC(=O)C(N)Cc1c[nH]c2ccccc12)C(=O)O. The van der Waals surface area contributed by atoms with Gasteiger partial charge in [0.1, 0.15) is 18.1 Å². The molecule has 4 unspecified atom stereocenters. The predicted molar refractivity (Wildman–Crippen MR) is 146 cm³/mol. The number of rotatable bonds is 14. The van der Waals surface area contributed by atoms with E-state index in [9.17, 15) is 34.2 Å². The fourth-order valence-corrected chi connectivity index (χ4v) is 5.17. The van der Waals surface area contributed by atoms with E-state index in [4.69, 9.17) is 5.73 Å². The number of carbonyl (C=O) groups is 5. The molecular formula is C26H35N5O7S. The molecule has 12 nitrogen and oxygen atoms in total. The Morgan fingerprint density at radius 1 is 1.13 bits per heavy atom. The number of aromatic amines is 1. The first-order valence-corrected chi connectivity index (χ1v) is 14.2. The number of aliphatic carboxylic acids is 2. The van der Waals surface area contributed by atoms with Crippen LogP contribution in [-0.2, 0) is 30.4 Å². The lowest BCUT2D eigenvalue weighted by Crippen LogP contribution is -2.57. The average Bonchev–Trinajstić information content (AvgIpc) is 3.56. The van der Waals surface area contributed by atoms with Crippen LogP contribution in [0.2, 0.25) is 0 Å². The summed E-state index contributed by atoms with van der Waals surface area (Å²) < 4.78 is 0. The van der Waals surface area contributed by atoms with Crippen molar-refractivity contribution in [2.75, 3.05) is 18.6 Å². The van der Waals surface area contributed by atoms with Gasteiger partial charge in [0.2, 0.25) is 17.7 Å². The van der Waals surface area contributed by atoms with Crippen LogP contribution in [0.4, 0.5) is 0 Å². The molecule has 0 saturated carbocycles. The fraction of sp³-hybridized carbons (Fsp3) is 0.500. The Labute approximate surface area is 230 Å². The molecule has 1 aliphatic rings. The Morgan fingerprint density at radius 3 is 2.56 bits per heavy atom. The third-order valence-electron chi connectivity index (χ3n) is 6.78. The van der Waals surface area contributed by atoms with Crippen molar-refractivity contribution in [3.05, 3.63) is 36.0 Å². The van der Waals surface area contributed by atoms with E-state index in [-0.39, 0.29) is 32.2 Å². The van der Waals surface area contributed by atoms with Gasteiger partial charge in [-0.25, -0.2) is 4.79 Å². The maximum Gasteiger partial charge on any atom is 0.326 e. The highest BCUT2D eigenvalue weighted by atomic mass is 32.2. The quantitative estimate of drug-likeness (QED) is 0.192. The maximum absolute atomic E-state index is 13.5. The summed E-state index contributed by atoms with van der Waals surface area (Å²) in [5.41, 5.74) is 7.89. The number of para-hydroxylation sites is 1. The molecule has 0 spiro atoms. The Kier molecular flexibility index (Phi) is 10.8. The molecule has 1 aromatic carbocycles. The van der Waals surface area contributed by atoms with Crippen molar-refractivity contribution >= 4 is 52.3 Å². The number of amides is 3. The van der Waals surface area contributed by atoms with E-state index in [1.807, 2.05) is 30.5 Å². The lowest BCUT2D eigenvalue weighted by Gasteiger charge is -2.30. The van der Waals surface area contributed by atoms with Crippen LogP contribution in [0.5, 0.6) is 0 Å². The molecule has 13 heteroatoms. The zero-order chi connectivity index (χ0) is 28.5. The van der Waals surface area contributed by atoms with E-state index >= 15 is 0 Å². The number of aromatic nitrogens is 1. The van der Waals surface area contributed by atoms with Gasteiger partial charge in [0.15, 0.2) is 0 Å². The Morgan fingerprint density at radius 2 is 1.87 bits per heavy atom. The minimum atomic E-state index is -1.21. The molecule has 212 valence electrons. The number of benzene rings is 1. The third kappa shape index (κ3) is 7.96. The van der Waals surface area contributed by atoms with Crippen molar-refractivity contribution < 1.29 is 34.2 Å². The highest BCUT2D eigenvalue weighted by Gasteiger charge is 2.39. The standard InChI is InChI=1S/C26H35N5O7S/c1-39-12-10-20(26(37)38)30-24(35)21-7-4-11-31(21)25(36)19(8-9-22(32)33)29-23(34)17(27)13-15-14-28-18-6-3-2-5-16(15)18/h2-3,5-6,14,17,19-21,28H,4,7-13,27H2,1H3,(H,29,34)(H,30,35)(H,32,33)(H,37,38). The largest absolute Gasteiger partial charge is 0.481 e. The van der Waals surface area contributed by atoms with Gasteiger partial charge < -0.3 is 36.5 Å². The number of nitrogens with one attached hydrogen (secondary N) is 3. The van der Waals surface area contributed by atoms with Gasteiger partial charge in [-0.2, -0.15) is 11.8 Å². The Bertz CT molecular complexity index is 1200. The number of H-pyrrole nitrogens is 1. The summed E-state index contributed by atoms with van der Waals surface area (Å²) >= 11 is 1.45. The summed E-state index contributed by atoms with van der Waals surface area (Å²) in [6.45, 7) is 0.223. The van der Waals surface area contributed by atoms with Crippen LogP contribution in [0.1, 0.15) is 37.7 Å². The molecule has 2 heterocycles. The first kappa shape index (κ1) is 30.0. The number of carbonyl (C=O) groups excluding carboxylic acids is 3. The highest BCUT2D eigenvalue weighted by Crippen LogP contribution is 2.21. The Hall–Kier alpha value is -3.58. The second-order valence-corrected chi connectivity index (χ2v) is 10.5. The van der Waals surface area contributed by atoms with Gasteiger partial charge in [0, 0.05) is 30.1 Å². The number of carboxylic acid groups (broad SMARTS) is 2. The first-order valence-electron chi connectivity index (χ1n) is 12.8. The second kappa shape index (κ2) is 14.0. The van der Waals surface area contributed by atoms with Crippen molar-refractivity contribution in [3.8, 4) is 0 Å². The van der Waals surface area contributed by atoms with Gasteiger partial charge in [-0.15, -0.1) is 0 Å². The van der Waals surface area contributed by atoms with E-state index < -0.39 is 53.8 Å². The lowest BCUT2D eigenvalue weighted by molar-refractivity contribution is -0.145. The van der Waals surface area contributed by atoms with E-state index in [1.165, 1.54) is 16.7 Å². The molecule has 1 aliphatic heterocycles. The van der Waals surface area contributed by atoms with E-state index in [0.29, 0.717) is 18.6 Å². The molecule has 0 radical (unpaired) electrons. The summed E-state index contributed by atoms with van der Waals surface area (Å²) in [6, 6.07) is 3.33. The van der Waals surface area contributed by atoms with Gasteiger partial charge >= 0.3 is 11.9 Å². The molecule has 7 N–H and O–H groups in total. The second-order valence-electron chi connectivity index (χ2n) is 9.53. The van der Waals surface area contributed by atoms with Gasteiger partial charge in [-0.05, 0) is 55.7 Å². The van der Waals surface area contributed by atoms with Crippen molar-refractivity contribution in [1.29, 1.82) is 0 Å². The number of fused-ring (bicyclic) bond motifs is 1. The molecule has 1 aromatic heterocycles. The first-order chi connectivity index (χ1) is 18.6. The molecule has 2 aromatic rings. The number of likely N-dealkylation sites (tertiary alicyclic amines) is 1. The predicted octanol–water partition coefficient (Wildman–Crippen LogP) is 0.701. The maximum atomic E-state index is 13.5. The molecular weight excluding hydrogens is 526 g/mol. The zero-order valence-corrected chi connectivity index (χ0v) is 22.5. The van der Waals surface area contributed by atoms with Crippen molar-refractivity contribution in [2.45, 2.75) is 62.7 Å². The fourth-order valence-electron chi connectivity index (χ4n) is 4.70. The van der Waals surface area contributed by atoms with E-state index in [2.05, 4.69) is 15.6 Å². The van der Waals surface area contributed by atoms with E-state index in [1.54, 1.807) is 6.20 Å². The average molecular weight is 562 g/mol. The summed E-state index contributed by atoms with van der Waals surface area (Å²) in [7, 11) is 0. The molecule has 0 bridgehead atoms. The summed E-state index contributed by atoms with van der Waals surface area (Å²) in [4.78, 5) is 66.7. The third-order valence-corrected chi connectivity index (χ3v) is 7.42. The molecule has 1 fully saturated rings. The van der Waals surface area contributed by atoms with Gasteiger partial charge in [0.25, 0.3) is 0 Å². The van der Waals surface area contributed by atoms with Crippen LogP contribution in [-0.4, -0.2) is 92.5 Å². The highest BCUT2D eigenvalue weighted by molar-refractivity contribution is 7.98. The summed E-state index contributed by atoms with van der Waals surface area (Å²) in [5.74, 6) is -3.58.